The zero-order valence-corrected chi connectivity index (χ0v) is 19.4. The molecule has 1 aromatic carbocycles. The van der Waals surface area contributed by atoms with Gasteiger partial charge in [0.25, 0.3) is 0 Å². The molecule has 0 unspecified atom stereocenters. The van der Waals surface area contributed by atoms with Crippen molar-refractivity contribution in [3.8, 4) is 0 Å². The van der Waals surface area contributed by atoms with Crippen LogP contribution >= 0.6 is 0 Å². The van der Waals surface area contributed by atoms with Crippen molar-refractivity contribution in [3.63, 3.8) is 0 Å². The van der Waals surface area contributed by atoms with E-state index in [1.807, 2.05) is 4.90 Å². The number of hydrogen-bond donors (Lipinski definition) is 2. The van der Waals surface area contributed by atoms with Crippen LogP contribution in [-0.2, 0) is 14.8 Å². The monoisotopic (exact) mass is 441 g/mol. The molecule has 0 spiro atoms. The van der Waals surface area contributed by atoms with Gasteiger partial charge in [-0.1, -0.05) is 27.2 Å². The predicted octanol–water partition coefficient (Wildman–Crippen LogP) is 3.43. The SMILES string of the molecule is CCCN(C(=O)CNC1(CCC)CC(NS(=O)(=O)c2ccc(F)cc2)C1)[C@H](C)CC. The van der Waals surface area contributed by atoms with Crippen molar-refractivity contribution in [1.82, 2.24) is 14.9 Å². The Kier molecular flexibility index (Phi) is 8.82. The highest BCUT2D eigenvalue weighted by molar-refractivity contribution is 7.89. The standard InChI is InChI=1S/C22H36FN3O3S/c1-5-12-22(24-16-21(27)26(13-6-2)17(4)7-3)14-19(15-22)25-30(28,29)20-10-8-18(23)9-11-20/h8-11,17,19,24-25H,5-7,12-16H2,1-4H3/t17-,19?,22?/m1/s1. The molecule has 0 saturated heterocycles. The van der Waals surface area contributed by atoms with E-state index in [4.69, 9.17) is 0 Å². The molecule has 0 radical (unpaired) electrons. The summed E-state index contributed by atoms with van der Waals surface area (Å²) in [6.07, 6.45) is 4.93. The first-order valence-corrected chi connectivity index (χ1v) is 12.5. The number of benzene rings is 1. The van der Waals surface area contributed by atoms with Crippen LogP contribution in [0.3, 0.4) is 0 Å². The van der Waals surface area contributed by atoms with E-state index >= 15 is 0 Å². The number of amides is 1. The maximum absolute atomic E-state index is 13.1. The zero-order chi connectivity index (χ0) is 22.4. The third-order valence-corrected chi connectivity index (χ3v) is 7.51. The number of hydrogen-bond acceptors (Lipinski definition) is 4. The van der Waals surface area contributed by atoms with Crippen LogP contribution in [0.4, 0.5) is 4.39 Å². The van der Waals surface area contributed by atoms with Crippen molar-refractivity contribution in [2.24, 2.45) is 0 Å². The highest BCUT2D eigenvalue weighted by Gasteiger charge is 2.45. The van der Waals surface area contributed by atoms with Gasteiger partial charge in [-0.15, -0.1) is 0 Å². The van der Waals surface area contributed by atoms with E-state index in [0.29, 0.717) is 12.8 Å². The fraction of sp³-hybridized carbons (Fsp3) is 0.682. The van der Waals surface area contributed by atoms with Crippen LogP contribution < -0.4 is 10.0 Å². The molecule has 1 aliphatic rings. The molecule has 1 atom stereocenters. The van der Waals surface area contributed by atoms with E-state index in [0.717, 1.165) is 44.4 Å². The molecule has 1 fully saturated rings. The zero-order valence-electron chi connectivity index (χ0n) is 18.6. The van der Waals surface area contributed by atoms with Crippen LogP contribution in [0.5, 0.6) is 0 Å². The molecule has 6 nitrogen and oxygen atoms in total. The average molecular weight is 442 g/mol. The van der Waals surface area contributed by atoms with Crippen LogP contribution in [0.2, 0.25) is 0 Å². The molecule has 2 rings (SSSR count). The average Bonchev–Trinajstić information content (AvgIpc) is 2.68. The first-order valence-electron chi connectivity index (χ1n) is 11.0. The largest absolute Gasteiger partial charge is 0.339 e. The molecule has 30 heavy (non-hydrogen) atoms. The fourth-order valence-electron chi connectivity index (χ4n) is 4.20. The number of halogens is 1. The third kappa shape index (κ3) is 6.25. The molecular formula is C22H36FN3O3S. The summed E-state index contributed by atoms with van der Waals surface area (Å²) in [6, 6.07) is 4.83. The molecule has 170 valence electrons. The Hall–Kier alpha value is -1.51. The third-order valence-electron chi connectivity index (χ3n) is 5.97. The Balaban J connectivity index is 1.95. The van der Waals surface area contributed by atoms with Gasteiger partial charge < -0.3 is 10.2 Å². The molecule has 1 aromatic rings. The van der Waals surface area contributed by atoms with E-state index in [1.165, 1.54) is 12.1 Å². The van der Waals surface area contributed by atoms with Crippen LogP contribution in [-0.4, -0.2) is 49.9 Å². The van der Waals surface area contributed by atoms with Gasteiger partial charge in [0.05, 0.1) is 11.4 Å². The van der Waals surface area contributed by atoms with Gasteiger partial charge in [-0.05, 0) is 63.3 Å². The second-order valence-electron chi connectivity index (χ2n) is 8.41. The summed E-state index contributed by atoms with van der Waals surface area (Å²) in [7, 11) is -3.69. The molecule has 0 heterocycles. The Labute approximate surface area is 180 Å². The molecular weight excluding hydrogens is 405 g/mol. The highest BCUT2D eigenvalue weighted by atomic mass is 32.2. The van der Waals surface area contributed by atoms with Crippen molar-refractivity contribution in [3.05, 3.63) is 30.1 Å². The van der Waals surface area contributed by atoms with Gasteiger partial charge in [0, 0.05) is 24.2 Å². The molecule has 8 heteroatoms. The van der Waals surface area contributed by atoms with Gasteiger partial charge in [0.2, 0.25) is 15.9 Å². The van der Waals surface area contributed by atoms with Crippen molar-refractivity contribution in [2.75, 3.05) is 13.1 Å². The quantitative estimate of drug-likeness (QED) is 0.521. The smallest absolute Gasteiger partial charge is 0.240 e. The Morgan fingerprint density at radius 3 is 2.37 bits per heavy atom. The van der Waals surface area contributed by atoms with Gasteiger partial charge in [0.15, 0.2) is 0 Å². The summed E-state index contributed by atoms with van der Waals surface area (Å²) in [4.78, 5) is 14.8. The Bertz CT molecular complexity index is 792. The van der Waals surface area contributed by atoms with E-state index in [9.17, 15) is 17.6 Å². The van der Waals surface area contributed by atoms with Crippen LogP contribution in [0.25, 0.3) is 0 Å². The van der Waals surface area contributed by atoms with Gasteiger partial charge in [-0.2, -0.15) is 0 Å². The topological polar surface area (TPSA) is 78.5 Å². The minimum atomic E-state index is -3.69. The molecule has 0 aliphatic heterocycles. The second-order valence-corrected chi connectivity index (χ2v) is 10.1. The van der Waals surface area contributed by atoms with Crippen molar-refractivity contribution in [2.45, 2.75) is 88.7 Å². The van der Waals surface area contributed by atoms with Gasteiger partial charge in [-0.25, -0.2) is 17.5 Å². The minimum Gasteiger partial charge on any atom is -0.339 e. The summed E-state index contributed by atoms with van der Waals surface area (Å²) < 4.78 is 40.9. The van der Waals surface area contributed by atoms with Gasteiger partial charge in [0.1, 0.15) is 5.82 Å². The fourth-order valence-corrected chi connectivity index (χ4v) is 5.44. The summed E-state index contributed by atoms with van der Waals surface area (Å²) in [6.45, 7) is 9.32. The van der Waals surface area contributed by atoms with Crippen LogP contribution in [0.15, 0.2) is 29.2 Å². The molecule has 1 amide bonds. The lowest BCUT2D eigenvalue weighted by Gasteiger charge is -2.49. The van der Waals surface area contributed by atoms with Crippen molar-refractivity contribution in [1.29, 1.82) is 0 Å². The molecule has 1 saturated carbocycles. The van der Waals surface area contributed by atoms with E-state index in [2.05, 4.69) is 37.7 Å². The molecule has 0 aromatic heterocycles. The lowest BCUT2D eigenvalue weighted by molar-refractivity contribution is -0.133. The van der Waals surface area contributed by atoms with E-state index in [-0.39, 0.29) is 35.0 Å². The maximum Gasteiger partial charge on any atom is 0.240 e. The molecule has 0 bridgehead atoms. The lowest BCUT2D eigenvalue weighted by atomic mass is 9.70. The number of nitrogens with one attached hydrogen (secondary N) is 2. The van der Waals surface area contributed by atoms with Gasteiger partial charge >= 0.3 is 0 Å². The van der Waals surface area contributed by atoms with Crippen molar-refractivity contribution >= 4 is 15.9 Å². The Morgan fingerprint density at radius 2 is 1.83 bits per heavy atom. The van der Waals surface area contributed by atoms with Crippen LogP contribution in [0.1, 0.15) is 66.2 Å². The summed E-state index contributed by atoms with van der Waals surface area (Å²) >= 11 is 0. The number of carbonyl (C=O) groups excluding carboxylic acids is 1. The number of nitrogens with zero attached hydrogens (tertiary/aromatic N) is 1. The summed E-state index contributed by atoms with van der Waals surface area (Å²) in [5.41, 5.74) is -0.228. The maximum atomic E-state index is 13.1. The van der Waals surface area contributed by atoms with Crippen molar-refractivity contribution < 1.29 is 17.6 Å². The van der Waals surface area contributed by atoms with E-state index in [1.54, 1.807) is 0 Å². The van der Waals surface area contributed by atoms with Crippen LogP contribution in [0, 0.1) is 5.82 Å². The summed E-state index contributed by atoms with van der Waals surface area (Å²) in [5.74, 6) is -0.375. The first-order chi connectivity index (χ1) is 14.2. The van der Waals surface area contributed by atoms with Gasteiger partial charge in [-0.3, -0.25) is 4.79 Å². The Morgan fingerprint density at radius 1 is 1.20 bits per heavy atom. The predicted molar refractivity (Wildman–Crippen MR) is 117 cm³/mol. The number of rotatable bonds is 12. The first kappa shape index (κ1) is 24.8. The normalized spacial score (nSPS) is 22.4. The number of carbonyl (C=O) groups is 1. The number of sulfonamides is 1. The highest BCUT2D eigenvalue weighted by Crippen LogP contribution is 2.37. The second kappa shape index (κ2) is 10.7. The summed E-state index contributed by atoms with van der Waals surface area (Å²) in [5, 5.41) is 3.44. The molecule has 2 N–H and O–H groups in total. The van der Waals surface area contributed by atoms with E-state index < -0.39 is 15.8 Å². The minimum absolute atomic E-state index is 0.0591. The lowest BCUT2D eigenvalue weighted by Crippen LogP contribution is -2.63. The molecule has 1 aliphatic carbocycles.